The number of hydrogen-bond acceptors (Lipinski definition) is 2. The van der Waals surface area contributed by atoms with E-state index in [4.69, 9.17) is 11.5 Å². The van der Waals surface area contributed by atoms with Crippen molar-refractivity contribution in [3.05, 3.63) is 35.4 Å². The molecule has 0 heterocycles. The molecule has 96 valence electrons. The summed E-state index contributed by atoms with van der Waals surface area (Å²) in [6.07, 6.45) is 0.429. The molecule has 1 aromatic carbocycles. The molecule has 2 unspecified atom stereocenters. The zero-order valence-corrected chi connectivity index (χ0v) is 10.6. The van der Waals surface area contributed by atoms with Gasteiger partial charge >= 0.3 is 0 Å². The van der Waals surface area contributed by atoms with Crippen molar-refractivity contribution in [2.75, 3.05) is 0 Å². The predicted octanol–water partition coefficient (Wildman–Crippen LogP) is 1.04. The molecule has 0 bridgehead atoms. The molecule has 1 aliphatic carbocycles. The smallest absolute Gasteiger partial charge is 0.228 e. The molecule has 2 atom stereocenters. The van der Waals surface area contributed by atoms with E-state index in [1.807, 2.05) is 24.3 Å². The van der Waals surface area contributed by atoms with E-state index < -0.39 is 23.1 Å². The highest BCUT2D eigenvalue weighted by molar-refractivity contribution is 5.99. The van der Waals surface area contributed by atoms with E-state index in [0.717, 1.165) is 5.56 Å². The van der Waals surface area contributed by atoms with E-state index in [-0.39, 0.29) is 0 Å². The zero-order chi connectivity index (χ0) is 13.5. The highest BCUT2D eigenvalue weighted by Gasteiger charge is 2.63. The monoisotopic (exact) mass is 246 g/mol. The third-order valence-electron chi connectivity index (χ3n) is 3.84. The molecule has 0 spiro atoms. The van der Waals surface area contributed by atoms with E-state index in [1.54, 1.807) is 0 Å². The summed E-state index contributed by atoms with van der Waals surface area (Å²) in [5, 5.41) is 0. The van der Waals surface area contributed by atoms with Crippen LogP contribution in [0.15, 0.2) is 24.3 Å². The molecule has 1 aliphatic rings. The SMILES string of the molecule is CC(C)c1ccc(C2(C(N)=O)CC2C(N)=O)cc1. The van der Waals surface area contributed by atoms with Gasteiger partial charge in [0.25, 0.3) is 0 Å². The second-order valence-corrected chi connectivity index (χ2v) is 5.27. The molecule has 0 aromatic heterocycles. The summed E-state index contributed by atoms with van der Waals surface area (Å²) in [7, 11) is 0. The number of amides is 2. The first kappa shape index (κ1) is 12.6. The third-order valence-corrected chi connectivity index (χ3v) is 3.84. The Balaban J connectivity index is 2.35. The van der Waals surface area contributed by atoms with Crippen molar-refractivity contribution >= 4 is 11.8 Å². The molecule has 2 amide bonds. The van der Waals surface area contributed by atoms with Crippen LogP contribution in [0.3, 0.4) is 0 Å². The number of carbonyl (C=O) groups is 2. The topological polar surface area (TPSA) is 86.2 Å². The van der Waals surface area contributed by atoms with Crippen LogP contribution in [0, 0.1) is 5.92 Å². The average Bonchev–Trinajstić information content (AvgIpc) is 3.05. The molecule has 0 radical (unpaired) electrons. The quantitative estimate of drug-likeness (QED) is 0.831. The maximum Gasteiger partial charge on any atom is 0.228 e. The summed E-state index contributed by atoms with van der Waals surface area (Å²) in [5.41, 5.74) is 11.8. The van der Waals surface area contributed by atoms with Gasteiger partial charge in [-0.05, 0) is 23.5 Å². The first-order valence-electron chi connectivity index (χ1n) is 6.09. The maximum atomic E-state index is 11.6. The standard InChI is InChI=1S/C14H18N2O2/c1-8(2)9-3-5-10(6-4-9)14(13(16)18)7-11(14)12(15)17/h3-6,8,11H,7H2,1-2H3,(H2,15,17)(H2,16,18). The van der Waals surface area contributed by atoms with Crippen molar-refractivity contribution in [2.24, 2.45) is 17.4 Å². The van der Waals surface area contributed by atoms with Crippen molar-refractivity contribution in [3.8, 4) is 0 Å². The minimum Gasteiger partial charge on any atom is -0.369 e. The minimum atomic E-state index is -0.874. The molecule has 0 saturated heterocycles. The third kappa shape index (κ3) is 1.78. The van der Waals surface area contributed by atoms with Gasteiger partial charge in [0.15, 0.2) is 0 Å². The number of primary amides is 2. The van der Waals surface area contributed by atoms with Gasteiger partial charge in [0.1, 0.15) is 0 Å². The van der Waals surface area contributed by atoms with Gasteiger partial charge in [-0.2, -0.15) is 0 Å². The Morgan fingerprint density at radius 1 is 1.22 bits per heavy atom. The number of nitrogens with two attached hydrogens (primary N) is 2. The van der Waals surface area contributed by atoms with Crippen molar-refractivity contribution in [1.29, 1.82) is 0 Å². The second kappa shape index (κ2) is 4.12. The predicted molar refractivity (Wildman–Crippen MR) is 68.7 cm³/mol. The van der Waals surface area contributed by atoms with Crippen molar-refractivity contribution in [3.63, 3.8) is 0 Å². The summed E-state index contributed by atoms with van der Waals surface area (Å²) in [4.78, 5) is 22.9. The van der Waals surface area contributed by atoms with Crippen LogP contribution in [0.2, 0.25) is 0 Å². The molecular weight excluding hydrogens is 228 g/mol. The van der Waals surface area contributed by atoms with Crippen LogP contribution in [0.5, 0.6) is 0 Å². The number of benzene rings is 1. The van der Waals surface area contributed by atoms with Crippen molar-refractivity contribution < 1.29 is 9.59 Å². The van der Waals surface area contributed by atoms with Crippen LogP contribution >= 0.6 is 0 Å². The van der Waals surface area contributed by atoms with Gasteiger partial charge in [-0.15, -0.1) is 0 Å². The number of hydrogen-bond donors (Lipinski definition) is 2. The van der Waals surface area contributed by atoms with E-state index >= 15 is 0 Å². The zero-order valence-electron chi connectivity index (χ0n) is 10.6. The molecule has 2 rings (SSSR count). The minimum absolute atomic E-state index is 0.426. The normalized spacial score (nSPS) is 26.1. The molecule has 1 aromatic rings. The van der Waals surface area contributed by atoms with Gasteiger partial charge < -0.3 is 11.5 Å². The molecule has 0 aliphatic heterocycles. The first-order chi connectivity index (χ1) is 8.39. The molecule has 1 fully saturated rings. The summed E-state index contributed by atoms with van der Waals surface area (Å²) in [5.74, 6) is -0.958. The summed E-state index contributed by atoms with van der Waals surface area (Å²) < 4.78 is 0. The fourth-order valence-electron chi connectivity index (χ4n) is 2.51. The lowest BCUT2D eigenvalue weighted by Crippen LogP contribution is -2.33. The average molecular weight is 246 g/mol. The van der Waals surface area contributed by atoms with Crippen LogP contribution < -0.4 is 11.5 Å². The van der Waals surface area contributed by atoms with Gasteiger partial charge in [0.2, 0.25) is 11.8 Å². The van der Waals surface area contributed by atoms with Gasteiger partial charge in [-0.1, -0.05) is 38.1 Å². The molecule has 4 nitrogen and oxygen atoms in total. The van der Waals surface area contributed by atoms with E-state index in [0.29, 0.717) is 12.3 Å². The fraction of sp³-hybridized carbons (Fsp3) is 0.429. The maximum absolute atomic E-state index is 11.6. The largest absolute Gasteiger partial charge is 0.369 e. The summed E-state index contributed by atoms with van der Waals surface area (Å²) >= 11 is 0. The Bertz CT molecular complexity index is 493. The molecule has 4 N–H and O–H groups in total. The van der Waals surface area contributed by atoms with Crippen molar-refractivity contribution in [2.45, 2.75) is 31.6 Å². The number of rotatable bonds is 4. The Morgan fingerprint density at radius 3 is 2.11 bits per heavy atom. The Labute approximate surface area is 106 Å². The van der Waals surface area contributed by atoms with Gasteiger partial charge in [0, 0.05) is 0 Å². The highest BCUT2D eigenvalue weighted by atomic mass is 16.2. The number of carbonyl (C=O) groups excluding carboxylic acids is 2. The highest BCUT2D eigenvalue weighted by Crippen LogP contribution is 2.54. The molecular formula is C14H18N2O2. The van der Waals surface area contributed by atoms with E-state index in [9.17, 15) is 9.59 Å². The summed E-state index contributed by atoms with van der Waals surface area (Å²) in [6.45, 7) is 4.20. The lowest BCUT2D eigenvalue weighted by atomic mass is 9.90. The van der Waals surface area contributed by atoms with E-state index in [2.05, 4.69) is 13.8 Å². The van der Waals surface area contributed by atoms with Gasteiger partial charge in [-0.3, -0.25) is 9.59 Å². The van der Waals surface area contributed by atoms with Gasteiger partial charge in [-0.25, -0.2) is 0 Å². The first-order valence-corrected chi connectivity index (χ1v) is 6.09. The molecule has 4 heteroatoms. The van der Waals surface area contributed by atoms with Crippen LogP contribution in [0.25, 0.3) is 0 Å². The van der Waals surface area contributed by atoms with Crippen LogP contribution in [-0.2, 0) is 15.0 Å². The Morgan fingerprint density at radius 2 is 1.78 bits per heavy atom. The molecule has 18 heavy (non-hydrogen) atoms. The summed E-state index contributed by atoms with van der Waals surface area (Å²) in [6, 6.07) is 7.70. The Kier molecular flexibility index (Phi) is 2.89. The Hall–Kier alpha value is -1.84. The van der Waals surface area contributed by atoms with Crippen LogP contribution in [0.4, 0.5) is 0 Å². The van der Waals surface area contributed by atoms with Crippen LogP contribution in [-0.4, -0.2) is 11.8 Å². The lowest BCUT2D eigenvalue weighted by Gasteiger charge is -2.14. The van der Waals surface area contributed by atoms with Gasteiger partial charge in [0.05, 0.1) is 11.3 Å². The van der Waals surface area contributed by atoms with E-state index in [1.165, 1.54) is 5.56 Å². The van der Waals surface area contributed by atoms with Crippen LogP contribution in [0.1, 0.15) is 37.3 Å². The van der Waals surface area contributed by atoms with Crippen molar-refractivity contribution in [1.82, 2.24) is 0 Å². The lowest BCUT2D eigenvalue weighted by molar-refractivity contribution is -0.125. The fourth-order valence-corrected chi connectivity index (χ4v) is 2.51. The second-order valence-electron chi connectivity index (χ2n) is 5.27. The molecule has 1 saturated carbocycles.